The van der Waals surface area contributed by atoms with Gasteiger partial charge in [0.25, 0.3) is 0 Å². The lowest BCUT2D eigenvalue weighted by Gasteiger charge is -2.22. The summed E-state index contributed by atoms with van der Waals surface area (Å²) in [6.07, 6.45) is 2.30. The SMILES string of the molecule is CCOc1cccc(CN2CCCC2CO)c1. The Labute approximate surface area is 103 Å². The van der Waals surface area contributed by atoms with Gasteiger partial charge in [-0.2, -0.15) is 0 Å². The highest BCUT2D eigenvalue weighted by Crippen LogP contribution is 2.21. The number of ether oxygens (including phenoxy) is 1. The molecule has 1 unspecified atom stereocenters. The van der Waals surface area contributed by atoms with E-state index in [0.717, 1.165) is 25.3 Å². The van der Waals surface area contributed by atoms with Crippen LogP contribution in [-0.2, 0) is 6.54 Å². The van der Waals surface area contributed by atoms with Crippen molar-refractivity contribution >= 4 is 0 Å². The second kappa shape index (κ2) is 6.03. The normalized spacial score (nSPS) is 20.7. The van der Waals surface area contributed by atoms with Gasteiger partial charge in [-0.25, -0.2) is 0 Å². The Kier molecular flexibility index (Phi) is 4.40. The molecule has 0 aliphatic carbocycles. The molecule has 0 radical (unpaired) electrons. The summed E-state index contributed by atoms with van der Waals surface area (Å²) in [4.78, 5) is 2.35. The molecule has 1 aliphatic heterocycles. The summed E-state index contributed by atoms with van der Waals surface area (Å²) in [5, 5.41) is 9.29. The molecule has 3 heteroatoms. The minimum absolute atomic E-state index is 0.269. The predicted octanol–water partition coefficient (Wildman–Crippen LogP) is 2.04. The Morgan fingerprint density at radius 3 is 3.12 bits per heavy atom. The van der Waals surface area contributed by atoms with Crippen molar-refractivity contribution in [1.82, 2.24) is 4.90 Å². The fourth-order valence-electron chi connectivity index (χ4n) is 2.44. The van der Waals surface area contributed by atoms with E-state index < -0.39 is 0 Å². The van der Waals surface area contributed by atoms with Gasteiger partial charge in [0, 0.05) is 12.6 Å². The van der Waals surface area contributed by atoms with Crippen molar-refractivity contribution in [2.24, 2.45) is 0 Å². The van der Waals surface area contributed by atoms with Gasteiger partial charge < -0.3 is 9.84 Å². The molecule has 0 spiro atoms. The van der Waals surface area contributed by atoms with Crippen LogP contribution >= 0.6 is 0 Å². The molecule has 1 atom stereocenters. The van der Waals surface area contributed by atoms with Gasteiger partial charge >= 0.3 is 0 Å². The molecule has 1 aliphatic rings. The van der Waals surface area contributed by atoms with E-state index in [1.165, 1.54) is 12.0 Å². The number of rotatable bonds is 5. The van der Waals surface area contributed by atoms with E-state index in [2.05, 4.69) is 17.0 Å². The minimum Gasteiger partial charge on any atom is -0.494 e. The van der Waals surface area contributed by atoms with Crippen LogP contribution < -0.4 is 4.74 Å². The smallest absolute Gasteiger partial charge is 0.119 e. The lowest BCUT2D eigenvalue weighted by Crippen LogP contribution is -2.31. The standard InChI is InChI=1S/C14H21NO2/c1-2-17-14-7-3-5-12(9-14)10-15-8-4-6-13(15)11-16/h3,5,7,9,13,16H,2,4,6,8,10-11H2,1H3. The Morgan fingerprint density at radius 2 is 2.35 bits per heavy atom. The van der Waals surface area contributed by atoms with Crippen LogP contribution in [0.2, 0.25) is 0 Å². The Balaban J connectivity index is 2.00. The average molecular weight is 235 g/mol. The van der Waals surface area contributed by atoms with Crippen molar-refractivity contribution < 1.29 is 9.84 Å². The molecule has 0 saturated carbocycles. The second-order valence-electron chi connectivity index (χ2n) is 4.53. The molecule has 0 bridgehead atoms. The van der Waals surface area contributed by atoms with Crippen molar-refractivity contribution in [3.05, 3.63) is 29.8 Å². The van der Waals surface area contributed by atoms with Crippen molar-refractivity contribution in [1.29, 1.82) is 0 Å². The van der Waals surface area contributed by atoms with Crippen LogP contribution in [0.1, 0.15) is 25.3 Å². The molecular formula is C14H21NO2. The number of likely N-dealkylation sites (tertiary alicyclic amines) is 1. The number of hydrogen-bond acceptors (Lipinski definition) is 3. The largest absolute Gasteiger partial charge is 0.494 e. The first kappa shape index (κ1) is 12.4. The fourth-order valence-corrected chi connectivity index (χ4v) is 2.44. The molecule has 1 N–H and O–H groups in total. The highest BCUT2D eigenvalue weighted by molar-refractivity contribution is 5.28. The van der Waals surface area contributed by atoms with E-state index in [-0.39, 0.29) is 6.61 Å². The van der Waals surface area contributed by atoms with Gasteiger partial charge in [0.2, 0.25) is 0 Å². The topological polar surface area (TPSA) is 32.7 Å². The van der Waals surface area contributed by atoms with Gasteiger partial charge in [-0.05, 0) is 44.0 Å². The third-order valence-corrected chi connectivity index (χ3v) is 3.30. The van der Waals surface area contributed by atoms with Gasteiger partial charge in [0.05, 0.1) is 13.2 Å². The highest BCUT2D eigenvalue weighted by atomic mass is 16.5. The summed E-state index contributed by atoms with van der Waals surface area (Å²) in [5.74, 6) is 0.935. The number of aliphatic hydroxyl groups is 1. The molecule has 1 aromatic rings. The summed E-state index contributed by atoms with van der Waals surface area (Å²) >= 11 is 0. The van der Waals surface area contributed by atoms with Crippen LogP contribution in [0.5, 0.6) is 5.75 Å². The maximum atomic E-state index is 9.29. The van der Waals surface area contributed by atoms with Crippen LogP contribution in [-0.4, -0.2) is 35.8 Å². The number of benzene rings is 1. The molecular weight excluding hydrogens is 214 g/mol. The molecule has 17 heavy (non-hydrogen) atoms. The van der Waals surface area contributed by atoms with E-state index in [4.69, 9.17) is 4.74 Å². The van der Waals surface area contributed by atoms with E-state index >= 15 is 0 Å². The van der Waals surface area contributed by atoms with Crippen molar-refractivity contribution in [2.75, 3.05) is 19.8 Å². The van der Waals surface area contributed by atoms with E-state index in [0.29, 0.717) is 12.6 Å². The van der Waals surface area contributed by atoms with Crippen molar-refractivity contribution in [2.45, 2.75) is 32.4 Å². The van der Waals surface area contributed by atoms with Crippen LogP contribution in [0.3, 0.4) is 0 Å². The average Bonchev–Trinajstić information content (AvgIpc) is 2.77. The zero-order valence-corrected chi connectivity index (χ0v) is 10.4. The quantitative estimate of drug-likeness (QED) is 0.847. The molecule has 2 rings (SSSR count). The Hall–Kier alpha value is -1.06. The zero-order chi connectivity index (χ0) is 12.1. The van der Waals surface area contributed by atoms with Gasteiger partial charge in [-0.1, -0.05) is 12.1 Å². The third-order valence-electron chi connectivity index (χ3n) is 3.30. The van der Waals surface area contributed by atoms with Crippen LogP contribution in [0.15, 0.2) is 24.3 Å². The molecule has 0 amide bonds. The molecule has 1 aromatic carbocycles. The van der Waals surface area contributed by atoms with E-state index in [9.17, 15) is 5.11 Å². The minimum atomic E-state index is 0.269. The van der Waals surface area contributed by atoms with Crippen LogP contribution in [0, 0.1) is 0 Å². The molecule has 94 valence electrons. The lowest BCUT2D eigenvalue weighted by atomic mass is 10.2. The molecule has 0 aromatic heterocycles. The third kappa shape index (κ3) is 3.20. The van der Waals surface area contributed by atoms with E-state index in [1.54, 1.807) is 0 Å². The number of aliphatic hydroxyl groups excluding tert-OH is 1. The lowest BCUT2D eigenvalue weighted by molar-refractivity contribution is 0.153. The molecule has 1 heterocycles. The first-order valence-electron chi connectivity index (χ1n) is 6.40. The first-order chi connectivity index (χ1) is 8.33. The van der Waals surface area contributed by atoms with Crippen LogP contribution in [0.4, 0.5) is 0 Å². The summed E-state index contributed by atoms with van der Waals surface area (Å²) in [6.45, 7) is 4.96. The maximum Gasteiger partial charge on any atom is 0.119 e. The number of nitrogens with zero attached hydrogens (tertiary/aromatic N) is 1. The van der Waals surface area contributed by atoms with Gasteiger partial charge in [0.15, 0.2) is 0 Å². The summed E-state index contributed by atoms with van der Waals surface area (Å²) in [6, 6.07) is 8.57. The maximum absolute atomic E-state index is 9.29. The predicted molar refractivity (Wildman–Crippen MR) is 68.1 cm³/mol. The van der Waals surface area contributed by atoms with Crippen molar-refractivity contribution in [3.8, 4) is 5.75 Å². The van der Waals surface area contributed by atoms with E-state index in [1.807, 2.05) is 19.1 Å². The Morgan fingerprint density at radius 1 is 1.47 bits per heavy atom. The monoisotopic (exact) mass is 235 g/mol. The first-order valence-corrected chi connectivity index (χ1v) is 6.40. The summed E-state index contributed by atoms with van der Waals surface area (Å²) in [7, 11) is 0. The molecule has 1 saturated heterocycles. The second-order valence-corrected chi connectivity index (χ2v) is 4.53. The summed E-state index contributed by atoms with van der Waals surface area (Å²) < 4.78 is 5.50. The molecule has 3 nitrogen and oxygen atoms in total. The fraction of sp³-hybridized carbons (Fsp3) is 0.571. The number of hydrogen-bond donors (Lipinski definition) is 1. The van der Waals surface area contributed by atoms with Gasteiger partial charge in [0.1, 0.15) is 5.75 Å². The Bertz CT molecular complexity index is 354. The van der Waals surface area contributed by atoms with Gasteiger partial charge in [-0.3, -0.25) is 4.90 Å². The highest BCUT2D eigenvalue weighted by Gasteiger charge is 2.23. The van der Waals surface area contributed by atoms with Gasteiger partial charge in [-0.15, -0.1) is 0 Å². The van der Waals surface area contributed by atoms with Crippen LogP contribution in [0.25, 0.3) is 0 Å². The summed E-state index contributed by atoms with van der Waals surface area (Å²) in [5.41, 5.74) is 1.26. The zero-order valence-electron chi connectivity index (χ0n) is 10.4. The van der Waals surface area contributed by atoms with Crippen molar-refractivity contribution in [3.63, 3.8) is 0 Å². The molecule has 1 fully saturated rings.